The van der Waals surface area contributed by atoms with Crippen molar-refractivity contribution >= 4 is 0 Å². The van der Waals surface area contributed by atoms with E-state index in [9.17, 15) is 5.11 Å². The fourth-order valence-electron chi connectivity index (χ4n) is 1.39. The van der Waals surface area contributed by atoms with E-state index in [-0.39, 0.29) is 5.75 Å². The van der Waals surface area contributed by atoms with E-state index in [4.69, 9.17) is 0 Å². The third kappa shape index (κ3) is 1.35. The number of pyridine rings is 1. The molecule has 0 saturated carbocycles. The summed E-state index contributed by atoms with van der Waals surface area (Å²) in [5.41, 5.74) is 1.86. The van der Waals surface area contributed by atoms with Gasteiger partial charge in [0.1, 0.15) is 0 Å². The minimum atomic E-state index is 0.138. The molecule has 2 aromatic heterocycles. The topological polar surface area (TPSA) is 50.9 Å². The zero-order chi connectivity index (χ0) is 10.1. The molecule has 0 atom stereocenters. The van der Waals surface area contributed by atoms with Gasteiger partial charge in [-0.1, -0.05) is 0 Å². The van der Waals surface area contributed by atoms with Gasteiger partial charge in [0.25, 0.3) is 0 Å². The van der Waals surface area contributed by atoms with Crippen molar-refractivity contribution in [3.63, 3.8) is 0 Å². The molecule has 0 fully saturated rings. The summed E-state index contributed by atoms with van der Waals surface area (Å²) < 4.78 is 1.63. The van der Waals surface area contributed by atoms with Crippen LogP contribution >= 0.6 is 0 Å². The first-order valence-corrected chi connectivity index (χ1v) is 4.36. The molecule has 0 aliphatic heterocycles. The van der Waals surface area contributed by atoms with Crippen molar-refractivity contribution < 1.29 is 5.11 Å². The maximum Gasteiger partial charge on any atom is 0.196 e. The Kier molecular flexibility index (Phi) is 1.96. The van der Waals surface area contributed by atoms with Crippen LogP contribution in [0.5, 0.6) is 5.75 Å². The number of aromatic nitrogens is 3. The average molecular weight is 189 g/mol. The third-order valence-corrected chi connectivity index (χ3v) is 1.98. The van der Waals surface area contributed by atoms with Gasteiger partial charge in [-0.05, 0) is 32.0 Å². The van der Waals surface area contributed by atoms with E-state index in [1.165, 1.54) is 0 Å². The Hall–Kier alpha value is -1.84. The molecular weight excluding hydrogens is 178 g/mol. The molecular formula is C10H11N3O. The first kappa shape index (κ1) is 8.74. The number of aromatic hydroxyl groups is 1. The van der Waals surface area contributed by atoms with Gasteiger partial charge >= 0.3 is 0 Å². The van der Waals surface area contributed by atoms with E-state index < -0.39 is 0 Å². The van der Waals surface area contributed by atoms with Gasteiger partial charge in [-0.15, -0.1) is 0 Å². The van der Waals surface area contributed by atoms with Crippen molar-refractivity contribution in [1.82, 2.24) is 14.8 Å². The normalized spacial score (nSPS) is 10.4. The zero-order valence-corrected chi connectivity index (χ0v) is 8.10. The lowest BCUT2D eigenvalue weighted by Crippen LogP contribution is -2.01. The second-order valence-corrected chi connectivity index (χ2v) is 3.19. The highest BCUT2D eigenvalue weighted by molar-refractivity contribution is 5.39. The predicted octanol–water partition coefficient (Wildman–Crippen LogP) is 1.59. The Bertz CT molecular complexity index is 462. The van der Waals surface area contributed by atoms with Gasteiger partial charge < -0.3 is 5.11 Å². The molecule has 0 saturated heterocycles. The Morgan fingerprint density at radius 2 is 2.14 bits per heavy atom. The van der Waals surface area contributed by atoms with E-state index in [2.05, 4.69) is 10.1 Å². The van der Waals surface area contributed by atoms with Gasteiger partial charge in [-0.25, -0.2) is 9.67 Å². The standard InChI is InChI=1S/C10H11N3O/c1-7-6-8(2)13(12-7)10-9(14)4-3-5-11-10/h3-6,14H,1-2H3. The number of hydrogen-bond donors (Lipinski definition) is 1. The van der Waals surface area contributed by atoms with Crippen LogP contribution in [0.1, 0.15) is 11.4 Å². The van der Waals surface area contributed by atoms with Crippen LogP contribution in [0.4, 0.5) is 0 Å². The highest BCUT2D eigenvalue weighted by atomic mass is 16.3. The fourth-order valence-corrected chi connectivity index (χ4v) is 1.39. The van der Waals surface area contributed by atoms with Crippen molar-refractivity contribution in [3.05, 3.63) is 35.8 Å². The van der Waals surface area contributed by atoms with E-state index in [0.717, 1.165) is 11.4 Å². The lowest BCUT2D eigenvalue weighted by atomic mass is 10.4. The van der Waals surface area contributed by atoms with Crippen LogP contribution in [0, 0.1) is 13.8 Å². The first-order chi connectivity index (χ1) is 6.68. The number of hydrogen-bond acceptors (Lipinski definition) is 3. The second kappa shape index (κ2) is 3.14. The SMILES string of the molecule is Cc1cc(C)n(-c2ncccc2O)n1. The maximum atomic E-state index is 9.57. The molecule has 14 heavy (non-hydrogen) atoms. The van der Waals surface area contributed by atoms with Crippen molar-refractivity contribution in [2.24, 2.45) is 0 Å². The Morgan fingerprint density at radius 3 is 2.71 bits per heavy atom. The van der Waals surface area contributed by atoms with Crippen molar-refractivity contribution in [2.45, 2.75) is 13.8 Å². The van der Waals surface area contributed by atoms with Gasteiger partial charge in [0.05, 0.1) is 5.69 Å². The highest BCUT2D eigenvalue weighted by Crippen LogP contribution is 2.18. The number of aryl methyl sites for hydroxylation is 2. The Morgan fingerprint density at radius 1 is 1.36 bits per heavy atom. The quantitative estimate of drug-likeness (QED) is 0.741. The number of nitrogens with zero attached hydrogens (tertiary/aromatic N) is 3. The fraction of sp³-hybridized carbons (Fsp3) is 0.200. The summed E-state index contributed by atoms with van der Waals surface area (Å²) in [6.45, 7) is 3.83. The minimum Gasteiger partial charge on any atom is -0.504 e. The summed E-state index contributed by atoms with van der Waals surface area (Å²) in [7, 11) is 0. The monoisotopic (exact) mass is 189 g/mol. The van der Waals surface area contributed by atoms with Gasteiger partial charge in [0, 0.05) is 11.9 Å². The molecule has 0 radical (unpaired) electrons. The molecule has 0 amide bonds. The van der Waals surface area contributed by atoms with Crippen molar-refractivity contribution in [2.75, 3.05) is 0 Å². The van der Waals surface area contributed by atoms with Crippen LogP contribution in [0.25, 0.3) is 5.82 Å². The molecule has 2 aromatic rings. The predicted molar refractivity (Wildman–Crippen MR) is 52.5 cm³/mol. The Labute approximate surface area is 81.8 Å². The molecule has 72 valence electrons. The zero-order valence-electron chi connectivity index (χ0n) is 8.10. The molecule has 2 rings (SSSR count). The summed E-state index contributed by atoms with van der Waals surface area (Å²) >= 11 is 0. The molecule has 0 bridgehead atoms. The van der Waals surface area contributed by atoms with Gasteiger partial charge in [-0.3, -0.25) is 0 Å². The largest absolute Gasteiger partial charge is 0.504 e. The van der Waals surface area contributed by atoms with Crippen LogP contribution < -0.4 is 0 Å². The van der Waals surface area contributed by atoms with Gasteiger partial charge in [-0.2, -0.15) is 5.10 Å². The van der Waals surface area contributed by atoms with Gasteiger partial charge in [0.2, 0.25) is 0 Å². The molecule has 2 heterocycles. The van der Waals surface area contributed by atoms with Crippen LogP contribution in [0.3, 0.4) is 0 Å². The van der Waals surface area contributed by atoms with Crippen molar-refractivity contribution in [1.29, 1.82) is 0 Å². The molecule has 0 aromatic carbocycles. The van der Waals surface area contributed by atoms with Gasteiger partial charge in [0.15, 0.2) is 11.6 Å². The van der Waals surface area contributed by atoms with Crippen molar-refractivity contribution in [3.8, 4) is 11.6 Å². The maximum absolute atomic E-state index is 9.57. The summed E-state index contributed by atoms with van der Waals surface area (Å²) in [6.07, 6.45) is 1.63. The summed E-state index contributed by atoms with van der Waals surface area (Å²) in [6, 6.07) is 5.22. The molecule has 1 N–H and O–H groups in total. The summed E-state index contributed by atoms with van der Waals surface area (Å²) in [5.74, 6) is 0.608. The highest BCUT2D eigenvalue weighted by Gasteiger charge is 2.08. The molecule has 0 unspecified atom stereocenters. The third-order valence-electron chi connectivity index (χ3n) is 1.98. The molecule has 4 nitrogen and oxygen atoms in total. The first-order valence-electron chi connectivity index (χ1n) is 4.36. The average Bonchev–Trinajstić information content (AvgIpc) is 2.46. The van der Waals surface area contributed by atoms with E-state index in [1.807, 2.05) is 19.9 Å². The minimum absolute atomic E-state index is 0.138. The smallest absolute Gasteiger partial charge is 0.196 e. The van der Waals surface area contributed by atoms with E-state index in [1.54, 1.807) is 23.0 Å². The van der Waals surface area contributed by atoms with E-state index >= 15 is 0 Å². The Balaban J connectivity index is 2.60. The summed E-state index contributed by atoms with van der Waals surface area (Å²) in [5, 5.41) is 13.8. The lowest BCUT2D eigenvalue weighted by molar-refractivity contribution is 0.466. The van der Waals surface area contributed by atoms with Crippen LogP contribution in [-0.4, -0.2) is 19.9 Å². The molecule has 0 aliphatic rings. The second-order valence-electron chi connectivity index (χ2n) is 3.19. The number of rotatable bonds is 1. The van der Waals surface area contributed by atoms with Crippen LogP contribution in [0.15, 0.2) is 24.4 Å². The molecule has 0 aliphatic carbocycles. The van der Waals surface area contributed by atoms with Crippen LogP contribution in [0.2, 0.25) is 0 Å². The molecule has 0 spiro atoms. The van der Waals surface area contributed by atoms with Crippen LogP contribution in [-0.2, 0) is 0 Å². The molecule has 4 heteroatoms. The van der Waals surface area contributed by atoms with E-state index in [0.29, 0.717) is 5.82 Å². The summed E-state index contributed by atoms with van der Waals surface area (Å²) in [4.78, 5) is 4.07. The lowest BCUT2D eigenvalue weighted by Gasteiger charge is -2.04.